The van der Waals surface area contributed by atoms with Crippen LogP contribution in [-0.4, -0.2) is 43.8 Å². The van der Waals surface area contributed by atoms with Gasteiger partial charge >= 0.3 is 0 Å². The Labute approximate surface area is 232 Å². The smallest absolute Gasteiger partial charge is 0.264 e. The number of hydrogen-bond acceptors (Lipinski definition) is 4. The lowest BCUT2D eigenvalue weighted by Gasteiger charge is -2.34. The lowest BCUT2D eigenvalue weighted by molar-refractivity contribution is -0.140. The number of sulfonamides is 1. The zero-order valence-electron chi connectivity index (χ0n) is 23.6. The lowest BCUT2D eigenvalue weighted by Crippen LogP contribution is -2.53. The second-order valence-corrected chi connectivity index (χ2v) is 12.1. The van der Waals surface area contributed by atoms with Crippen molar-refractivity contribution in [3.8, 4) is 0 Å². The number of nitrogens with one attached hydrogen (secondary N) is 1. The molecule has 0 saturated carbocycles. The van der Waals surface area contributed by atoms with Gasteiger partial charge in [-0.1, -0.05) is 72.6 Å². The zero-order valence-corrected chi connectivity index (χ0v) is 24.5. The lowest BCUT2D eigenvalue weighted by atomic mass is 10.1. The average Bonchev–Trinajstić information content (AvgIpc) is 2.87. The van der Waals surface area contributed by atoms with E-state index in [1.165, 1.54) is 4.90 Å². The summed E-state index contributed by atoms with van der Waals surface area (Å²) < 4.78 is 29.1. The summed E-state index contributed by atoms with van der Waals surface area (Å²) in [6, 6.07) is 20.5. The van der Waals surface area contributed by atoms with Crippen molar-refractivity contribution in [3.05, 3.63) is 95.1 Å². The van der Waals surface area contributed by atoms with Gasteiger partial charge in [-0.2, -0.15) is 0 Å². The van der Waals surface area contributed by atoms with Gasteiger partial charge in [-0.15, -0.1) is 0 Å². The molecule has 1 N–H and O–H groups in total. The third-order valence-corrected chi connectivity index (χ3v) is 8.30. The number of nitrogens with zero attached hydrogens (tertiary/aromatic N) is 2. The Morgan fingerprint density at radius 2 is 1.54 bits per heavy atom. The van der Waals surface area contributed by atoms with E-state index < -0.39 is 28.5 Å². The van der Waals surface area contributed by atoms with Crippen molar-refractivity contribution in [2.45, 2.75) is 71.5 Å². The minimum Gasteiger partial charge on any atom is -0.352 e. The molecule has 0 bridgehead atoms. The molecule has 0 aliphatic heterocycles. The molecule has 0 aliphatic rings. The van der Waals surface area contributed by atoms with Crippen LogP contribution in [0, 0.1) is 20.8 Å². The van der Waals surface area contributed by atoms with Crippen LogP contribution in [0.15, 0.2) is 77.7 Å². The number of amides is 2. The quantitative estimate of drug-likeness (QED) is 0.359. The van der Waals surface area contributed by atoms with Crippen molar-refractivity contribution in [3.63, 3.8) is 0 Å². The van der Waals surface area contributed by atoms with Crippen LogP contribution < -0.4 is 9.62 Å². The molecule has 0 spiro atoms. The highest BCUT2D eigenvalue weighted by molar-refractivity contribution is 7.92. The highest BCUT2D eigenvalue weighted by Crippen LogP contribution is 2.27. The van der Waals surface area contributed by atoms with Crippen LogP contribution in [0.5, 0.6) is 0 Å². The molecule has 0 aliphatic carbocycles. The van der Waals surface area contributed by atoms with Gasteiger partial charge in [0.25, 0.3) is 10.0 Å². The number of para-hydroxylation sites is 1. The fraction of sp³-hybridized carbons (Fsp3) is 0.355. The van der Waals surface area contributed by atoms with Crippen molar-refractivity contribution in [2.75, 3.05) is 10.8 Å². The van der Waals surface area contributed by atoms with Gasteiger partial charge in [0.2, 0.25) is 11.8 Å². The van der Waals surface area contributed by atoms with Gasteiger partial charge in [0.1, 0.15) is 12.6 Å². The van der Waals surface area contributed by atoms with E-state index in [9.17, 15) is 18.0 Å². The molecule has 39 heavy (non-hydrogen) atoms. The SMILES string of the molecule is CC[C@H](C(=O)NC(C)C)N(Cc1cccc(C)c1)C(=O)CN(c1ccccc1C)S(=O)(=O)c1ccc(C)cc1. The average molecular weight is 550 g/mol. The number of aryl methyl sites for hydroxylation is 3. The number of hydrogen-bond donors (Lipinski definition) is 1. The van der Waals surface area contributed by atoms with Crippen molar-refractivity contribution >= 4 is 27.5 Å². The van der Waals surface area contributed by atoms with Gasteiger partial charge in [0.05, 0.1) is 10.6 Å². The Morgan fingerprint density at radius 3 is 2.13 bits per heavy atom. The second kappa shape index (κ2) is 12.9. The maximum absolute atomic E-state index is 14.1. The third kappa shape index (κ3) is 7.47. The van der Waals surface area contributed by atoms with E-state index in [4.69, 9.17) is 0 Å². The van der Waals surface area contributed by atoms with Crippen molar-refractivity contribution in [1.29, 1.82) is 0 Å². The number of carbonyl (C=O) groups excluding carboxylic acids is 2. The van der Waals surface area contributed by atoms with Crippen LogP contribution in [0.1, 0.15) is 49.4 Å². The van der Waals surface area contributed by atoms with Crippen LogP contribution in [-0.2, 0) is 26.2 Å². The third-order valence-electron chi connectivity index (χ3n) is 6.52. The summed E-state index contributed by atoms with van der Waals surface area (Å²) in [7, 11) is -4.09. The highest BCUT2D eigenvalue weighted by Gasteiger charge is 2.34. The Morgan fingerprint density at radius 1 is 0.872 bits per heavy atom. The molecule has 3 aromatic carbocycles. The first kappa shape index (κ1) is 29.9. The van der Waals surface area contributed by atoms with Gasteiger partial charge < -0.3 is 10.2 Å². The van der Waals surface area contributed by atoms with Crippen LogP contribution in [0.2, 0.25) is 0 Å². The molecule has 0 fully saturated rings. The Balaban J connectivity index is 2.08. The summed E-state index contributed by atoms with van der Waals surface area (Å²) in [5.41, 5.74) is 3.96. The zero-order chi connectivity index (χ0) is 28.7. The maximum Gasteiger partial charge on any atom is 0.264 e. The molecule has 2 amide bonds. The first-order valence-electron chi connectivity index (χ1n) is 13.2. The summed E-state index contributed by atoms with van der Waals surface area (Å²) in [6.45, 7) is 11.0. The molecule has 208 valence electrons. The van der Waals surface area contributed by atoms with E-state index in [1.54, 1.807) is 36.4 Å². The van der Waals surface area contributed by atoms with E-state index in [2.05, 4.69) is 5.32 Å². The Kier molecular flexibility index (Phi) is 9.92. The highest BCUT2D eigenvalue weighted by atomic mass is 32.2. The second-order valence-electron chi connectivity index (χ2n) is 10.2. The van der Waals surface area contributed by atoms with E-state index in [0.29, 0.717) is 12.1 Å². The number of rotatable bonds is 11. The molecule has 0 radical (unpaired) electrons. The molecular weight excluding hydrogens is 510 g/mol. The minimum atomic E-state index is -4.09. The molecule has 3 rings (SSSR count). The maximum atomic E-state index is 14.1. The van der Waals surface area contributed by atoms with E-state index in [0.717, 1.165) is 26.6 Å². The fourth-order valence-electron chi connectivity index (χ4n) is 4.50. The standard InChI is InChI=1S/C31H39N3O4S/c1-7-28(31(36)32-22(2)3)33(20-26-13-10-11-24(5)19-26)30(35)21-34(29-14-9-8-12-25(29)6)39(37,38)27-17-15-23(4)16-18-27/h8-19,22,28H,7,20-21H2,1-6H3,(H,32,36)/t28-/m1/s1. The Hall–Kier alpha value is -3.65. The van der Waals surface area contributed by atoms with Crippen molar-refractivity contribution in [1.82, 2.24) is 10.2 Å². The molecular formula is C31H39N3O4S. The summed E-state index contributed by atoms with van der Waals surface area (Å²) in [5, 5.41) is 2.92. The number of anilines is 1. The minimum absolute atomic E-state index is 0.0963. The molecule has 0 saturated heterocycles. The van der Waals surface area contributed by atoms with E-state index in [-0.39, 0.29) is 23.4 Å². The Bertz CT molecular complexity index is 1400. The van der Waals surface area contributed by atoms with Crippen molar-refractivity contribution < 1.29 is 18.0 Å². The predicted molar refractivity (Wildman–Crippen MR) is 156 cm³/mol. The first-order valence-corrected chi connectivity index (χ1v) is 14.7. The number of benzene rings is 3. The molecule has 1 atom stereocenters. The van der Waals surface area contributed by atoms with Crippen molar-refractivity contribution in [2.24, 2.45) is 0 Å². The van der Waals surface area contributed by atoms with Gasteiger partial charge in [-0.3, -0.25) is 13.9 Å². The van der Waals surface area contributed by atoms with Gasteiger partial charge in [0.15, 0.2) is 0 Å². The van der Waals surface area contributed by atoms with Gasteiger partial charge in [-0.05, 0) is 70.4 Å². The van der Waals surface area contributed by atoms with Gasteiger partial charge in [0, 0.05) is 12.6 Å². The van der Waals surface area contributed by atoms with Crippen LogP contribution in [0.25, 0.3) is 0 Å². The molecule has 0 heterocycles. The number of carbonyl (C=O) groups is 2. The molecule has 0 aromatic heterocycles. The van der Waals surface area contributed by atoms with Crippen LogP contribution >= 0.6 is 0 Å². The first-order chi connectivity index (χ1) is 18.4. The summed E-state index contributed by atoms with van der Waals surface area (Å²) in [5.74, 6) is -0.724. The fourth-order valence-corrected chi connectivity index (χ4v) is 5.98. The predicted octanol–water partition coefficient (Wildman–Crippen LogP) is 5.14. The van der Waals surface area contributed by atoms with Gasteiger partial charge in [-0.25, -0.2) is 8.42 Å². The topological polar surface area (TPSA) is 86.8 Å². The monoisotopic (exact) mass is 549 g/mol. The molecule has 8 heteroatoms. The summed E-state index contributed by atoms with van der Waals surface area (Å²) >= 11 is 0. The van der Waals surface area contributed by atoms with Crippen LogP contribution in [0.4, 0.5) is 5.69 Å². The largest absolute Gasteiger partial charge is 0.352 e. The van der Waals surface area contributed by atoms with Crippen LogP contribution in [0.3, 0.4) is 0 Å². The van der Waals surface area contributed by atoms with E-state index >= 15 is 0 Å². The molecule has 0 unspecified atom stereocenters. The summed E-state index contributed by atoms with van der Waals surface area (Å²) in [6.07, 6.45) is 0.380. The normalized spacial score (nSPS) is 12.2. The summed E-state index contributed by atoms with van der Waals surface area (Å²) in [4.78, 5) is 28.9. The molecule has 7 nitrogen and oxygen atoms in total. The molecule has 3 aromatic rings. The van der Waals surface area contributed by atoms with E-state index in [1.807, 2.05) is 77.9 Å².